The van der Waals surface area contributed by atoms with Gasteiger partial charge in [0, 0.05) is 22.7 Å². The summed E-state index contributed by atoms with van der Waals surface area (Å²) in [5.74, 6) is 0.393. The minimum Gasteiger partial charge on any atom is -0.378 e. The van der Waals surface area contributed by atoms with Gasteiger partial charge in [0.05, 0.1) is 12.3 Å². The maximum atomic E-state index is 11.8. The zero-order chi connectivity index (χ0) is 14.0. The Kier molecular flexibility index (Phi) is 4.62. The van der Waals surface area contributed by atoms with E-state index in [1.807, 2.05) is 0 Å². The minimum absolute atomic E-state index is 0.228. The van der Waals surface area contributed by atoms with Crippen LogP contribution < -0.4 is 5.56 Å². The molecule has 0 aliphatic carbocycles. The van der Waals surface area contributed by atoms with Gasteiger partial charge >= 0.3 is 0 Å². The largest absolute Gasteiger partial charge is 0.378 e. The lowest BCUT2D eigenvalue weighted by Gasteiger charge is -2.07. The fourth-order valence-electron chi connectivity index (χ4n) is 1.57. The second-order valence-corrected chi connectivity index (χ2v) is 5.43. The fraction of sp³-hybridized carbons (Fsp3) is 0.167. The van der Waals surface area contributed by atoms with Gasteiger partial charge in [-0.05, 0) is 34.1 Å². The summed E-state index contributed by atoms with van der Waals surface area (Å²) < 4.78 is 5.36. The van der Waals surface area contributed by atoms with E-state index in [-0.39, 0.29) is 12.2 Å². The molecule has 19 heavy (non-hydrogen) atoms. The van der Waals surface area contributed by atoms with E-state index in [1.165, 1.54) is 7.11 Å². The van der Waals surface area contributed by atoms with E-state index >= 15 is 0 Å². The van der Waals surface area contributed by atoms with Crippen molar-refractivity contribution < 1.29 is 4.74 Å². The van der Waals surface area contributed by atoms with Crippen LogP contribution in [0.2, 0.25) is 10.0 Å². The van der Waals surface area contributed by atoms with Gasteiger partial charge in [-0.15, -0.1) is 0 Å². The van der Waals surface area contributed by atoms with Gasteiger partial charge in [0.25, 0.3) is 5.56 Å². The Balaban J connectivity index is 2.59. The number of nitrogens with one attached hydrogen (secondary N) is 1. The van der Waals surface area contributed by atoms with Gasteiger partial charge in [-0.25, -0.2) is 4.98 Å². The number of hydrogen-bond acceptors (Lipinski definition) is 3. The van der Waals surface area contributed by atoms with E-state index in [0.29, 0.717) is 31.6 Å². The van der Waals surface area contributed by atoms with Crippen LogP contribution in [0.15, 0.2) is 27.5 Å². The molecule has 0 bridgehead atoms. The molecule has 0 amide bonds. The van der Waals surface area contributed by atoms with Gasteiger partial charge in [-0.2, -0.15) is 0 Å². The van der Waals surface area contributed by atoms with Crippen molar-refractivity contribution in [1.82, 2.24) is 9.97 Å². The lowest BCUT2D eigenvalue weighted by molar-refractivity contribution is 0.180. The highest BCUT2D eigenvalue weighted by Crippen LogP contribution is 2.25. The van der Waals surface area contributed by atoms with Gasteiger partial charge in [0.2, 0.25) is 0 Å². The lowest BCUT2D eigenvalue weighted by Crippen LogP contribution is -2.14. The Morgan fingerprint density at radius 3 is 2.53 bits per heavy atom. The highest BCUT2D eigenvalue weighted by atomic mass is 79.9. The maximum absolute atomic E-state index is 11.8. The number of nitrogens with zero attached hydrogens (tertiary/aromatic N) is 1. The molecule has 0 saturated carbocycles. The van der Waals surface area contributed by atoms with Gasteiger partial charge in [0.15, 0.2) is 0 Å². The molecule has 0 fully saturated rings. The summed E-state index contributed by atoms with van der Waals surface area (Å²) in [6.07, 6.45) is 0. The highest BCUT2D eigenvalue weighted by Gasteiger charge is 2.11. The molecule has 2 rings (SSSR count). The van der Waals surface area contributed by atoms with Crippen molar-refractivity contribution in [3.8, 4) is 11.4 Å². The summed E-state index contributed by atoms with van der Waals surface area (Å²) in [5.41, 5.74) is 0.866. The van der Waals surface area contributed by atoms with E-state index in [4.69, 9.17) is 27.9 Å². The van der Waals surface area contributed by atoms with Crippen molar-refractivity contribution >= 4 is 39.1 Å². The second-order valence-electron chi connectivity index (χ2n) is 3.77. The number of ether oxygens (including phenoxy) is 1. The molecular weight excluding hydrogens is 355 g/mol. The van der Waals surface area contributed by atoms with Crippen LogP contribution >= 0.6 is 39.1 Å². The van der Waals surface area contributed by atoms with Crippen molar-refractivity contribution in [1.29, 1.82) is 0 Å². The van der Waals surface area contributed by atoms with E-state index < -0.39 is 0 Å². The zero-order valence-electron chi connectivity index (χ0n) is 9.84. The Morgan fingerprint density at radius 1 is 1.32 bits per heavy atom. The fourth-order valence-corrected chi connectivity index (χ4v) is 2.39. The number of rotatable bonds is 3. The van der Waals surface area contributed by atoms with Crippen molar-refractivity contribution in [3.05, 3.63) is 48.8 Å². The summed E-state index contributed by atoms with van der Waals surface area (Å²) in [6.45, 7) is 0.228. The molecular formula is C12H9BrCl2N2O2. The van der Waals surface area contributed by atoms with Crippen LogP contribution in [0.1, 0.15) is 5.69 Å². The Bertz CT molecular complexity index is 653. The predicted octanol–water partition coefficient (Wildman–Crippen LogP) is 3.65. The molecule has 1 aromatic carbocycles. The molecule has 100 valence electrons. The molecule has 0 atom stereocenters. The standard InChI is InChI=1S/C12H9BrCl2N2O2/c1-19-5-9-10(13)12(18)17-11(16-9)6-2-7(14)4-8(15)3-6/h2-4H,5H2,1H3,(H,16,17,18). The Morgan fingerprint density at radius 2 is 1.95 bits per heavy atom. The highest BCUT2D eigenvalue weighted by molar-refractivity contribution is 9.10. The van der Waals surface area contributed by atoms with Crippen molar-refractivity contribution in [2.75, 3.05) is 7.11 Å². The molecule has 0 aliphatic rings. The quantitative estimate of drug-likeness (QED) is 0.905. The number of H-pyrrole nitrogens is 1. The third-order valence-electron chi connectivity index (χ3n) is 2.35. The first-order valence-electron chi connectivity index (χ1n) is 5.25. The molecule has 0 aliphatic heterocycles. The van der Waals surface area contributed by atoms with E-state index in [9.17, 15) is 4.79 Å². The normalized spacial score (nSPS) is 10.7. The van der Waals surface area contributed by atoms with Crippen LogP contribution in [0.5, 0.6) is 0 Å². The monoisotopic (exact) mass is 362 g/mol. The van der Waals surface area contributed by atoms with Crippen LogP contribution in [-0.2, 0) is 11.3 Å². The molecule has 0 unspecified atom stereocenters. The van der Waals surface area contributed by atoms with Gasteiger partial charge in [-0.1, -0.05) is 23.2 Å². The number of halogens is 3. The number of aromatic amines is 1. The van der Waals surface area contributed by atoms with Crippen LogP contribution in [0, 0.1) is 0 Å². The summed E-state index contributed by atoms with van der Waals surface area (Å²) in [7, 11) is 1.53. The van der Waals surface area contributed by atoms with E-state index in [1.54, 1.807) is 18.2 Å². The molecule has 0 saturated heterocycles. The van der Waals surface area contributed by atoms with Crippen LogP contribution in [0.4, 0.5) is 0 Å². The second kappa shape index (κ2) is 6.05. The summed E-state index contributed by atoms with van der Waals surface area (Å²) >= 11 is 15.0. The van der Waals surface area contributed by atoms with Gasteiger partial charge in [-0.3, -0.25) is 4.79 Å². The first-order chi connectivity index (χ1) is 9.01. The number of benzene rings is 1. The summed E-state index contributed by atoms with van der Waals surface area (Å²) in [5, 5.41) is 0.947. The molecule has 1 N–H and O–H groups in total. The van der Waals surface area contributed by atoms with Crippen LogP contribution in [0.3, 0.4) is 0 Å². The average Bonchev–Trinajstić information content (AvgIpc) is 2.33. The van der Waals surface area contributed by atoms with Gasteiger partial charge < -0.3 is 9.72 Å². The Hall–Kier alpha value is -0.880. The Labute approximate surface area is 127 Å². The van der Waals surface area contributed by atoms with Gasteiger partial charge in [0.1, 0.15) is 10.3 Å². The molecule has 4 nitrogen and oxygen atoms in total. The third-order valence-corrected chi connectivity index (χ3v) is 3.60. The molecule has 2 aromatic rings. The first kappa shape index (κ1) is 14.5. The number of hydrogen-bond donors (Lipinski definition) is 1. The SMILES string of the molecule is COCc1nc(-c2cc(Cl)cc(Cl)c2)[nH]c(=O)c1Br. The summed E-state index contributed by atoms with van der Waals surface area (Å²) in [4.78, 5) is 18.8. The van der Waals surface area contributed by atoms with Crippen molar-refractivity contribution in [2.45, 2.75) is 6.61 Å². The molecule has 1 aromatic heterocycles. The summed E-state index contributed by atoms with van der Waals surface area (Å²) in [6, 6.07) is 4.96. The molecule has 1 heterocycles. The first-order valence-corrected chi connectivity index (χ1v) is 6.80. The number of aromatic nitrogens is 2. The molecule has 0 spiro atoms. The third kappa shape index (κ3) is 3.36. The van der Waals surface area contributed by atoms with Crippen LogP contribution in [-0.4, -0.2) is 17.1 Å². The topological polar surface area (TPSA) is 55.0 Å². The van der Waals surface area contributed by atoms with Crippen molar-refractivity contribution in [2.24, 2.45) is 0 Å². The predicted molar refractivity (Wildman–Crippen MR) is 78.7 cm³/mol. The molecule has 0 radical (unpaired) electrons. The van der Waals surface area contributed by atoms with Crippen LogP contribution in [0.25, 0.3) is 11.4 Å². The average molecular weight is 364 g/mol. The zero-order valence-corrected chi connectivity index (χ0v) is 12.9. The lowest BCUT2D eigenvalue weighted by atomic mass is 10.2. The minimum atomic E-state index is -0.284. The molecule has 7 heteroatoms. The van der Waals surface area contributed by atoms with E-state index in [0.717, 1.165) is 0 Å². The maximum Gasteiger partial charge on any atom is 0.265 e. The number of methoxy groups -OCH3 is 1. The smallest absolute Gasteiger partial charge is 0.265 e. The van der Waals surface area contributed by atoms with Crippen molar-refractivity contribution in [3.63, 3.8) is 0 Å². The van der Waals surface area contributed by atoms with E-state index in [2.05, 4.69) is 25.9 Å².